The Labute approximate surface area is 251 Å². The summed E-state index contributed by atoms with van der Waals surface area (Å²) in [6.45, 7) is 4.00. The Balaban J connectivity index is 0.000000741. The Morgan fingerprint density at radius 1 is 0.571 bits per heavy atom. The van der Waals surface area contributed by atoms with Crippen LogP contribution in [0.25, 0.3) is 22.3 Å². The molecule has 0 aromatic heterocycles. The van der Waals surface area contributed by atoms with Crippen LogP contribution in [0.15, 0.2) is 66.7 Å². The number of methoxy groups -OCH3 is 2. The van der Waals surface area contributed by atoms with Crippen LogP contribution >= 0.6 is 0 Å². The average Bonchev–Trinajstić information content (AvgIpc) is 3.63. The second-order valence-electron chi connectivity index (χ2n) is 7.52. The van der Waals surface area contributed by atoms with Crippen molar-refractivity contribution in [1.82, 2.24) is 0 Å². The summed E-state index contributed by atoms with van der Waals surface area (Å²) in [7, 11) is 3.37. The van der Waals surface area contributed by atoms with E-state index in [0.717, 1.165) is 60.2 Å². The van der Waals surface area contributed by atoms with Gasteiger partial charge in [-0.25, -0.2) is 0 Å². The first-order valence-corrected chi connectivity index (χ1v) is 11.3. The van der Waals surface area contributed by atoms with Gasteiger partial charge >= 0.3 is 37.7 Å². The zero-order valence-electron chi connectivity index (χ0n) is 21.5. The van der Waals surface area contributed by atoms with Crippen LogP contribution in [0.1, 0.15) is 25.7 Å². The van der Waals surface area contributed by atoms with Gasteiger partial charge in [-0.2, -0.15) is 0 Å². The molecular weight excluding hydrogens is 541 g/mol. The van der Waals surface area contributed by atoms with E-state index in [0.29, 0.717) is 0 Å². The predicted molar refractivity (Wildman–Crippen MR) is 129 cm³/mol. The third kappa shape index (κ3) is 11.4. The van der Waals surface area contributed by atoms with Crippen molar-refractivity contribution in [3.8, 4) is 33.8 Å². The fraction of sp³-hybridized carbons (Fsp3) is 0.357. The molecule has 5 rings (SSSR count). The van der Waals surface area contributed by atoms with E-state index in [4.69, 9.17) is 18.9 Å². The van der Waals surface area contributed by atoms with Crippen LogP contribution in [0.4, 0.5) is 0 Å². The van der Waals surface area contributed by atoms with E-state index in [2.05, 4.69) is 6.07 Å². The molecule has 2 aliphatic rings. The molecule has 0 unspecified atom stereocenters. The minimum Gasteiger partial charge on any atom is -1.00 e. The number of rotatable bonds is 4. The zero-order chi connectivity index (χ0) is 22.4. The molecule has 178 valence electrons. The maximum atomic E-state index is 5.45. The summed E-state index contributed by atoms with van der Waals surface area (Å²) in [5.74, 6) is 1.69. The minimum absolute atomic E-state index is 0. The molecule has 0 amide bonds. The van der Waals surface area contributed by atoms with Crippen LogP contribution in [0.5, 0.6) is 11.5 Å². The number of hydrogen-bond acceptors (Lipinski definition) is 4. The number of benzene rings is 3. The van der Waals surface area contributed by atoms with E-state index < -0.39 is 0 Å². The standard InChI is InChI=1S/C20H17O2.2C4H8O.HI.2Li/c1-21-19-12-5-3-10-17(19)15-8-7-9-16(14-15)18-11-4-6-13-20(18)22-2;2*1-2-4-5-3-1;;;/h3-13H,1-2H3;2*1-4H2;1H;;/q-1;;;;2*+1/p-1. The minimum atomic E-state index is 0. The Bertz CT molecular complexity index is 860. The van der Waals surface area contributed by atoms with E-state index in [9.17, 15) is 0 Å². The van der Waals surface area contributed by atoms with Gasteiger partial charge in [0.25, 0.3) is 0 Å². The smallest absolute Gasteiger partial charge is 1.00 e. The van der Waals surface area contributed by atoms with Gasteiger partial charge in [-0.3, -0.25) is 0 Å². The molecule has 2 heterocycles. The number of hydrogen-bond donors (Lipinski definition) is 0. The number of ether oxygens (including phenoxy) is 4. The monoisotopic (exact) mass is 574 g/mol. The van der Waals surface area contributed by atoms with Gasteiger partial charge in [0.15, 0.2) is 0 Å². The van der Waals surface area contributed by atoms with E-state index >= 15 is 0 Å². The Hall–Kier alpha value is -0.895. The van der Waals surface area contributed by atoms with Crippen LogP contribution in [0.2, 0.25) is 0 Å². The summed E-state index contributed by atoms with van der Waals surface area (Å²) in [6.07, 6.45) is 5.11. The van der Waals surface area contributed by atoms with Gasteiger partial charge in [0, 0.05) is 26.4 Å². The molecule has 0 spiro atoms. The maximum absolute atomic E-state index is 5.45. The van der Waals surface area contributed by atoms with Crippen molar-refractivity contribution in [2.24, 2.45) is 0 Å². The van der Waals surface area contributed by atoms with Gasteiger partial charge in [0.05, 0.1) is 25.7 Å². The Morgan fingerprint density at radius 3 is 1.26 bits per heavy atom. The summed E-state index contributed by atoms with van der Waals surface area (Å²) >= 11 is 0. The Kier molecular flexibility index (Phi) is 19.7. The molecule has 3 aromatic rings. The van der Waals surface area contributed by atoms with Crippen molar-refractivity contribution in [3.05, 3.63) is 72.8 Å². The summed E-state index contributed by atoms with van der Waals surface area (Å²) in [5, 5.41) is 0. The molecule has 0 atom stereocenters. The predicted octanol–water partition coefficient (Wildman–Crippen LogP) is -2.56. The van der Waals surface area contributed by atoms with E-state index in [-0.39, 0.29) is 61.7 Å². The van der Waals surface area contributed by atoms with Crippen molar-refractivity contribution < 1.29 is 80.6 Å². The van der Waals surface area contributed by atoms with Crippen molar-refractivity contribution in [3.63, 3.8) is 0 Å². The van der Waals surface area contributed by atoms with Crippen LogP contribution in [0.3, 0.4) is 0 Å². The van der Waals surface area contributed by atoms with Crippen LogP contribution in [-0.2, 0) is 9.47 Å². The summed E-state index contributed by atoms with van der Waals surface area (Å²) in [5.41, 5.74) is 4.06. The van der Waals surface area contributed by atoms with Gasteiger partial charge < -0.3 is 42.9 Å². The van der Waals surface area contributed by atoms with Crippen molar-refractivity contribution in [2.75, 3.05) is 40.6 Å². The molecule has 3 aromatic carbocycles. The quantitative estimate of drug-likeness (QED) is 0.196. The molecule has 0 radical (unpaired) electrons. The molecule has 4 nitrogen and oxygen atoms in total. The van der Waals surface area contributed by atoms with E-state index in [1.807, 2.05) is 66.7 Å². The first-order valence-electron chi connectivity index (χ1n) is 11.3. The third-order valence-corrected chi connectivity index (χ3v) is 5.24. The van der Waals surface area contributed by atoms with Gasteiger partial charge in [0.2, 0.25) is 0 Å². The van der Waals surface area contributed by atoms with Crippen LogP contribution in [0, 0.1) is 6.07 Å². The molecular formula is C28H33ILi2O4. The van der Waals surface area contributed by atoms with Gasteiger partial charge in [-0.05, 0) is 48.9 Å². The SMILES string of the molecule is C1CCOC1.C1CCOC1.COc1ccccc1-c1[c-]c(-c2ccccc2OC)ccc1.[I-].[Li+].[Li+]. The summed E-state index contributed by atoms with van der Waals surface area (Å²) in [6, 6.07) is 25.5. The largest absolute Gasteiger partial charge is 1.00 e. The van der Waals surface area contributed by atoms with E-state index in [1.54, 1.807) is 14.2 Å². The normalized spacial score (nSPS) is 13.3. The van der Waals surface area contributed by atoms with Gasteiger partial charge in [-0.1, -0.05) is 36.4 Å². The number of para-hydroxylation sites is 2. The summed E-state index contributed by atoms with van der Waals surface area (Å²) in [4.78, 5) is 0. The molecule has 0 saturated carbocycles. The average molecular weight is 574 g/mol. The first kappa shape index (κ1) is 34.1. The topological polar surface area (TPSA) is 36.9 Å². The third-order valence-electron chi connectivity index (χ3n) is 5.24. The zero-order valence-corrected chi connectivity index (χ0v) is 23.7. The van der Waals surface area contributed by atoms with Crippen molar-refractivity contribution in [2.45, 2.75) is 25.7 Å². The van der Waals surface area contributed by atoms with Crippen molar-refractivity contribution >= 4 is 0 Å². The molecule has 2 saturated heterocycles. The van der Waals surface area contributed by atoms with Crippen LogP contribution in [-0.4, -0.2) is 40.6 Å². The van der Waals surface area contributed by atoms with Crippen LogP contribution < -0.4 is 71.2 Å². The fourth-order valence-electron chi connectivity index (χ4n) is 3.54. The van der Waals surface area contributed by atoms with E-state index in [1.165, 1.54) is 25.7 Å². The van der Waals surface area contributed by atoms with Crippen molar-refractivity contribution in [1.29, 1.82) is 0 Å². The molecule has 0 aliphatic carbocycles. The number of halogens is 1. The second kappa shape index (κ2) is 20.2. The molecule has 7 heteroatoms. The molecule has 35 heavy (non-hydrogen) atoms. The first-order chi connectivity index (χ1) is 15.8. The molecule has 2 fully saturated rings. The summed E-state index contributed by atoms with van der Waals surface area (Å²) < 4.78 is 20.8. The van der Waals surface area contributed by atoms with Gasteiger partial charge in [-0.15, -0.1) is 35.4 Å². The molecule has 0 N–H and O–H groups in total. The van der Waals surface area contributed by atoms with Gasteiger partial charge in [0.1, 0.15) is 0 Å². The fourth-order valence-corrected chi connectivity index (χ4v) is 3.54. The molecule has 2 aliphatic heterocycles. The molecule has 0 bridgehead atoms. The second-order valence-corrected chi connectivity index (χ2v) is 7.52. The maximum Gasteiger partial charge on any atom is 1.00 e. The Morgan fingerprint density at radius 2 is 0.943 bits per heavy atom.